The molecule has 0 saturated heterocycles. The van der Waals surface area contributed by atoms with Crippen molar-refractivity contribution in [3.63, 3.8) is 0 Å². The maximum Gasteiger partial charge on any atom is 0.134 e. The molecule has 1 atom stereocenters. The molecule has 2 aromatic rings. The quantitative estimate of drug-likeness (QED) is 0.732. The Labute approximate surface area is 133 Å². The predicted octanol–water partition coefficient (Wildman–Crippen LogP) is 4.99. The Hall–Kier alpha value is -1.63. The molecule has 0 bridgehead atoms. The van der Waals surface area contributed by atoms with Crippen molar-refractivity contribution >= 4 is 34.6 Å². The molecule has 0 radical (unpaired) electrons. The summed E-state index contributed by atoms with van der Waals surface area (Å²) in [5.41, 5.74) is 2.78. The standard InChI is InChI=1S/C17H15ClN2S/c1-11-2-7-15-16(8-11)21-17(20-15)13(10-19)9-12-3-5-14(18)6-4-12/h3-6,9,11H,2,7-8H2,1H3/b13-9-/t11-/m1/s1. The number of nitrogens with zero attached hydrogens (tertiary/aromatic N) is 2. The van der Waals surface area contributed by atoms with E-state index in [1.807, 2.05) is 30.3 Å². The second-order valence-electron chi connectivity index (χ2n) is 5.46. The number of hydrogen-bond donors (Lipinski definition) is 0. The lowest BCUT2D eigenvalue weighted by Crippen LogP contribution is -2.09. The summed E-state index contributed by atoms with van der Waals surface area (Å²) in [6.07, 6.45) is 5.20. The van der Waals surface area contributed by atoms with E-state index in [0.29, 0.717) is 10.6 Å². The number of fused-ring (bicyclic) bond motifs is 1. The van der Waals surface area contributed by atoms with Gasteiger partial charge in [0, 0.05) is 9.90 Å². The Morgan fingerprint density at radius 2 is 2.19 bits per heavy atom. The van der Waals surface area contributed by atoms with Crippen LogP contribution in [-0.4, -0.2) is 4.98 Å². The average molecular weight is 315 g/mol. The van der Waals surface area contributed by atoms with Crippen LogP contribution in [0.3, 0.4) is 0 Å². The largest absolute Gasteiger partial charge is 0.240 e. The van der Waals surface area contributed by atoms with Crippen LogP contribution in [-0.2, 0) is 12.8 Å². The van der Waals surface area contributed by atoms with Crippen molar-refractivity contribution in [1.29, 1.82) is 5.26 Å². The Morgan fingerprint density at radius 3 is 2.90 bits per heavy atom. The minimum Gasteiger partial charge on any atom is -0.240 e. The summed E-state index contributed by atoms with van der Waals surface area (Å²) < 4.78 is 0. The fraction of sp³-hybridized carbons (Fsp3) is 0.294. The lowest BCUT2D eigenvalue weighted by atomic mass is 9.93. The van der Waals surface area contributed by atoms with E-state index in [9.17, 15) is 5.26 Å². The van der Waals surface area contributed by atoms with Crippen molar-refractivity contribution in [2.24, 2.45) is 5.92 Å². The van der Waals surface area contributed by atoms with Gasteiger partial charge in [-0.1, -0.05) is 30.7 Å². The molecule has 0 unspecified atom stereocenters. The van der Waals surface area contributed by atoms with Crippen molar-refractivity contribution in [3.8, 4) is 6.07 Å². The van der Waals surface area contributed by atoms with Gasteiger partial charge >= 0.3 is 0 Å². The van der Waals surface area contributed by atoms with Crippen LogP contribution < -0.4 is 0 Å². The lowest BCUT2D eigenvalue weighted by Gasteiger charge is -2.15. The van der Waals surface area contributed by atoms with Gasteiger partial charge < -0.3 is 0 Å². The molecule has 3 rings (SSSR count). The molecule has 2 nitrogen and oxygen atoms in total. The van der Waals surface area contributed by atoms with Crippen LogP contribution in [0.15, 0.2) is 24.3 Å². The van der Waals surface area contributed by atoms with Gasteiger partial charge in [-0.05, 0) is 49.0 Å². The minimum atomic E-state index is 0.629. The number of thiazole rings is 1. The predicted molar refractivity (Wildman–Crippen MR) is 88.2 cm³/mol. The van der Waals surface area contributed by atoms with Gasteiger partial charge in [0.25, 0.3) is 0 Å². The highest BCUT2D eigenvalue weighted by Gasteiger charge is 2.20. The van der Waals surface area contributed by atoms with E-state index in [0.717, 1.165) is 29.3 Å². The molecule has 1 aliphatic carbocycles. The van der Waals surface area contributed by atoms with Crippen molar-refractivity contribution in [2.75, 3.05) is 0 Å². The molecule has 1 aromatic carbocycles. The second-order valence-corrected chi connectivity index (χ2v) is 6.98. The normalized spacial score (nSPS) is 18.1. The number of benzene rings is 1. The Balaban J connectivity index is 1.94. The highest BCUT2D eigenvalue weighted by Crippen LogP contribution is 2.33. The minimum absolute atomic E-state index is 0.629. The molecule has 0 saturated carbocycles. The van der Waals surface area contributed by atoms with E-state index >= 15 is 0 Å². The van der Waals surface area contributed by atoms with Crippen LogP contribution in [0.1, 0.15) is 34.5 Å². The van der Waals surface area contributed by atoms with Crippen LogP contribution >= 0.6 is 22.9 Å². The third-order valence-corrected chi connectivity index (χ3v) is 5.12. The van der Waals surface area contributed by atoms with E-state index in [2.05, 4.69) is 18.0 Å². The zero-order valence-corrected chi connectivity index (χ0v) is 13.3. The number of aromatic nitrogens is 1. The third kappa shape index (κ3) is 3.18. The van der Waals surface area contributed by atoms with Gasteiger partial charge in [-0.2, -0.15) is 5.26 Å². The number of aryl methyl sites for hydroxylation is 1. The number of allylic oxidation sites excluding steroid dienone is 1. The first kappa shape index (κ1) is 14.3. The number of rotatable bonds is 2. The fourth-order valence-corrected chi connectivity index (χ4v) is 3.89. The Bertz CT molecular complexity index is 722. The molecule has 0 N–H and O–H groups in total. The highest BCUT2D eigenvalue weighted by molar-refractivity contribution is 7.13. The van der Waals surface area contributed by atoms with E-state index in [-0.39, 0.29) is 0 Å². The molecular weight excluding hydrogens is 300 g/mol. The molecule has 0 fully saturated rings. The van der Waals surface area contributed by atoms with Gasteiger partial charge in [0.2, 0.25) is 0 Å². The van der Waals surface area contributed by atoms with Crippen molar-refractivity contribution in [3.05, 3.63) is 50.4 Å². The van der Waals surface area contributed by atoms with Crippen LogP contribution in [0, 0.1) is 17.2 Å². The monoisotopic (exact) mass is 314 g/mol. The van der Waals surface area contributed by atoms with Crippen LogP contribution in [0.4, 0.5) is 0 Å². The van der Waals surface area contributed by atoms with Gasteiger partial charge in [0.05, 0.1) is 11.3 Å². The summed E-state index contributed by atoms with van der Waals surface area (Å²) >= 11 is 7.55. The topological polar surface area (TPSA) is 36.7 Å². The first-order chi connectivity index (χ1) is 10.2. The summed E-state index contributed by atoms with van der Waals surface area (Å²) in [5, 5.41) is 11.0. The van der Waals surface area contributed by atoms with Gasteiger partial charge in [-0.25, -0.2) is 4.98 Å². The van der Waals surface area contributed by atoms with Gasteiger partial charge in [0.1, 0.15) is 11.1 Å². The average Bonchev–Trinajstić information content (AvgIpc) is 2.89. The molecule has 4 heteroatoms. The van der Waals surface area contributed by atoms with E-state index < -0.39 is 0 Å². The smallest absolute Gasteiger partial charge is 0.134 e. The van der Waals surface area contributed by atoms with E-state index in [4.69, 9.17) is 11.6 Å². The van der Waals surface area contributed by atoms with Gasteiger partial charge in [0.15, 0.2) is 0 Å². The van der Waals surface area contributed by atoms with Crippen molar-refractivity contribution < 1.29 is 0 Å². The zero-order valence-electron chi connectivity index (χ0n) is 11.8. The van der Waals surface area contributed by atoms with E-state index in [1.165, 1.54) is 17.0 Å². The van der Waals surface area contributed by atoms with Gasteiger partial charge in [-0.3, -0.25) is 0 Å². The lowest BCUT2D eigenvalue weighted by molar-refractivity contribution is 0.502. The van der Waals surface area contributed by atoms with Gasteiger partial charge in [-0.15, -0.1) is 11.3 Å². The second kappa shape index (κ2) is 6.01. The molecule has 1 aliphatic rings. The molecular formula is C17H15ClN2S. The third-order valence-electron chi connectivity index (χ3n) is 3.72. The van der Waals surface area contributed by atoms with Crippen molar-refractivity contribution in [1.82, 2.24) is 4.98 Å². The van der Waals surface area contributed by atoms with Crippen LogP contribution in [0.5, 0.6) is 0 Å². The molecule has 0 aliphatic heterocycles. The summed E-state index contributed by atoms with van der Waals surface area (Å²) in [6, 6.07) is 9.76. The number of nitriles is 1. The van der Waals surface area contributed by atoms with Crippen LogP contribution in [0.25, 0.3) is 11.6 Å². The molecule has 106 valence electrons. The SMILES string of the molecule is C[C@@H]1CCc2nc(/C(C#N)=C\c3ccc(Cl)cc3)sc2C1. The van der Waals surface area contributed by atoms with Crippen molar-refractivity contribution in [2.45, 2.75) is 26.2 Å². The maximum atomic E-state index is 9.43. The van der Waals surface area contributed by atoms with E-state index in [1.54, 1.807) is 11.3 Å². The Kier molecular flexibility index (Phi) is 4.10. The fourth-order valence-electron chi connectivity index (χ4n) is 2.52. The number of halogens is 1. The molecule has 0 spiro atoms. The zero-order chi connectivity index (χ0) is 14.8. The first-order valence-corrected chi connectivity index (χ1v) is 8.21. The molecule has 0 amide bonds. The first-order valence-electron chi connectivity index (χ1n) is 7.02. The summed E-state index contributed by atoms with van der Waals surface area (Å²) in [5.74, 6) is 0.719. The highest BCUT2D eigenvalue weighted by atomic mass is 35.5. The molecule has 1 heterocycles. The summed E-state index contributed by atoms with van der Waals surface area (Å²) in [7, 11) is 0. The molecule has 21 heavy (non-hydrogen) atoms. The molecule has 1 aromatic heterocycles. The Morgan fingerprint density at radius 1 is 1.43 bits per heavy atom. The van der Waals surface area contributed by atoms with Crippen LogP contribution in [0.2, 0.25) is 5.02 Å². The maximum absolute atomic E-state index is 9.43. The summed E-state index contributed by atoms with van der Waals surface area (Å²) in [6.45, 7) is 2.27. The number of hydrogen-bond acceptors (Lipinski definition) is 3. The summed E-state index contributed by atoms with van der Waals surface area (Å²) in [4.78, 5) is 6.02.